The van der Waals surface area contributed by atoms with Crippen molar-refractivity contribution in [2.75, 3.05) is 27.2 Å². The number of rotatable bonds is 8. The predicted octanol–water partition coefficient (Wildman–Crippen LogP) is 2.55. The maximum Gasteiger partial charge on any atom is 0.190 e. The Morgan fingerprint density at radius 2 is 2.04 bits per heavy atom. The van der Waals surface area contributed by atoms with Crippen LogP contribution in [0.1, 0.15) is 12.5 Å². The molecule has 0 saturated heterocycles. The van der Waals surface area contributed by atoms with E-state index < -0.39 is 0 Å². The van der Waals surface area contributed by atoms with Crippen LogP contribution in [0.5, 0.6) is 5.75 Å². The van der Waals surface area contributed by atoms with Crippen LogP contribution in [0.25, 0.3) is 0 Å². The van der Waals surface area contributed by atoms with Crippen molar-refractivity contribution < 1.29 is 4.74 Å². The van der Waals surface area contributed by atoms with Gasteiger partial charge in [-0.15, -0.1) is 24.0 Å². The molecule has 0 bridgehead atoms. The summed E-state index contributed by atoms with van der Waals surface area (Å²) in [7, 11) is 3.47. The van der Waals surface area contributed by atoms with Crippen LogP contribution in [0.2, 0.25) is 0 Å². The minimum atomic E-state index is 0. The number of guanidine groups is 1. The highest BCUT2D eigenvalue weighted by Crippen LogP contribution is 2.11. The summed E-state index contributed by atoms with van der Waals surface area (Å²) in [5, 5.41) is 10.9. The highest BCUT2D eigenvalue weighted by atomic mass is 127. The van der Waals surface area contributed by atoms with Gasteiger partial charge in [-0.3, -0.25) is 9.67 Å². The molecule has 1 aromatic heterocycles. The first kappa shape index (κ1) is 21.3. The molecule has 0 spiro atoms. The molecule has 0 amide bonds. The molecule has 0 fully saturated rings. The number of ether oxygens (including phenoxy) is 1. The number of nitrogens with one attached hydrogen (secondary N) is 2. The van der Waals surface area contributed by atoms with Crippen LogP contribution in [-0.2, 0) is 13.0 Å². The molecule has 2 N–H and O–H groups in total. The van der Waals surface area contributed by atoms with E-state index in [1.165, 1.54) is 5.56 Å². The summed E-state index contributed by atoms with van der Waals surface area (Å²) < 4.78 is 7.12. The van der Waals surface area contributed by atoms with Crippen LogP contribution in [0, 0.1) is 5.92 Å². The van der Waals surface area contributed by atoms with Crippen molar-refractivity contribution in [3.05, 3.63) is 48.3 Å². The van der Waals surface area contributed by atoms with Crippen LogP contribution in [0.4, 0.5) is 0 Å². The summed E-state index contributed by atoms with van der Waals surface area (Å²) >= 11 is 0. The van der Waals surface area contributed by atoms with Crippen molar-refractivity contribution in [3.8, 4) is 5.75 Å². The summed E-state index contributed by atoms with van der Waals surface area (Å²) in [5.74, 6) is 2.18. The number of aliphatic imine (C=N–C) groups is 1. The van der Waals surface area contributed by atoms with Crippen molar-refractivity contribution in [1.29, 1.82) is 0 Å². The number of hydrogen-bond donors (Lipinski definition) is 2. The average molecular weight is 457 g/mol. The molecule has 0 saturated carbocycles. The average Bonchev–Trinajstić information content (AvgIpc) is 3.11. The molecular formula is C18H28IN5O. The first-order valence-electron chi connectivity index (χ1n) is 8.26. The zero-order valence-electron chi connectivity index (χ0n) is 15.1. The number of methoxy groups -OCH3 is 1. The lowest BCUT2D eigenvalue weighted by Crippen LogP contribution is -2.40. The molecule has 2 aromatic rings. The smallest absolute Gasteiger partial charge is 0.190 e. The minimum absolute atomic E-state index is 0. The molecule has 0 aliphatic rings. The molecule has 1 unspecified atom stereocenters. The first-order valence-corrected chi connectivity index (χ1v) is 8.26. The normalized spacial score (nSPS) is 12.2. The van der Waals surface area contributed by atoms with E-state index in [-0.39, 0.29) is 24.0 Å². The van der Waals surface area contributed by atoms with Gasteiger partial charge in [0.05, 0.1) is 7.11 Å². The number of halogens is 1. The summed E-state index contributed by atoms with van der Waals surface area (Å²) in [4.78, 5) is 4.27. The lowest BCUT2D eigenvalue weighted by molar-refractivity contribution is 0.414. The van der Waals surface area contributed by atoms with Crippen LogP contribution >= 0.6 is 24.0 Å². The van der Waals surface area contributed by atoms with Crippen molar-refractivity contribution in [2.45, 2.75) is 19.9 Å². The molecule has 2 rings (SSSR count). The van der Waals surface area contributed by atoms with Crippen molar-refractivity contribution in [1.82, 2.24) is 20.4 Å². The number of aromatic nitrogens is 2. The standard InChI is InChI=1S/C18H27N5O.HI/c1-15(14-23-12-4-10-22-23)13-21-18(19-2)20-11-9-16-5-7-17(24-3)8-6-16;/h4-8,10,12,15H,9,11,13-14H2,1-3H3,(H2,19,20,21);1H. The van der Waals surface area contributed by atoms with Gasteiger partial charge >= 0.3 is 0 Å². The number of hydrogen-bond acceptors (Lipinski definition) is 3. The van der Waals surface area contributed by atoms with Gasteiger partial charge in [0.25, 0.3) is 0 Å². The van der Waals surface area contributed by atoms with E-state index in [1.54, 1.807) is 20.4 Å². The molecule has 0 radical (unpaired) electrons. The van der Waals surface area contributed by atoms with Crippen molar-refractivity contribution in [3.63, 3.8) is 0 Å². The van der Waals surface area contributed by atoms with Gasteiger partial charge in [0.2, 0.25) is 0 Å². The van der Waals surface area contributed by atoms with Gasteiger partial charge in [-0.05, 0) is 36.1 Å². The third-order valence-electron chi connectivity index (χ3n) is 3.76. The Labute approximate surface area is 167 Å². The molecular weight excluding hydrogens is 429 g/mol. The van der Waals surface area contributed by atoms with Crippen LogP contribution in [0.3, 0.4) is 0 Å². The second-order valence-electron chi connectivity index (χ2n) is 5.81. The molecule has 6 nitrogen and oxygen atoms in total. The van der Waals surface area contributed by atoms with Gasteiger partial charge in [-0.1, -0.05) is 19.1 Å². The summed E-state index contributed by atoms with van der Waals surface area (Å²) in [5.41, 5.74) is 1.27. The first-order chi connectivity index (χ1) is 11.7. The quantitative estimate of drug-likeness (QED) is 0.364. The van der Waals surface area contributed by atoms with Gasteiger partial charge in [0, 0.05) is 39.1 Å². The monoisotopic (exact) mass is 457 g/mol. The Morgan fingerprint density at radius 1 is 1.28 bits per heavy atom. The Hall–Kier alpha value is -1.77. The van der Waals surface area contributed by atoms with E-state index in [2.05, 4.69) is 39.8 Å². The highest BCUT2D eigenvalue weighted by Gasteiger charge is 2.05. The van der Waals surface area contributed by atoms with Gasteiger partial charge in [-0.2, -0.15) is 5.10 Å². The lowest BCUT2D eigenvalue weighted by Gasteiger charge is -2.16. The molecule has 0 aliphatic heterocycles. The SMILES string of the molecule is CN=C(NCCc1ccc(OC)cc1)NCC(C)Cn1cccn1.I. The minimum Gasteiger partial charge on any atom is -0.497 e. The zero-order valence-corrected chi connectivity index (χ0v) is 17.4. The van der Waals surface area contributed by atoms with Crippen molar-refractivity contribution in [2.24, 2.45) is 10.9 Å². The molecule has 7 heteroatoms. The Morgan fingerprint density at radius 3 is 2.64 bits per heavy atom. The number of nitrogens with zero attached hydrogens (tertiary/aromatic N) is 3. The summed E-state index contributed by atoms with van der Waals surface area (Å²) in [6.07, 6.45) is 4.73. The van der Waals surface area contributed by atoms with Gasteiger partial charge in [-0.25, -0.2) is 0 Å². The summed E-state index contributed by atoms with van der Waals surface area (Å²) in [6.45, 7) is 4.77. The van der Waals surface area contributed by atoms with E-state index in [9.17, 15) is 0 Å². The third kappa shape index (κ3) is 7.76. The predicted molar refractivity (Wildman–Crippen MR) is 113 cm³/mol. The van der Waals surface area contributed by atoms with Crippen molar-refractivity contribution >= 4 is 29.9 Å². The van der Waals surface area contributed by atoms with E-state index >= 15 is 0 Å². The van der Waals surface area contributed by atoms with Crippen LogP contribution < -0.4 is 15.4 Å². The summed E-state index contributed by atoms with van der Waals surface area (Å²) in [6, 6.07) is 10.1. The van der Waals surface area contributed by atoms with E-state index in [0.717, 1.165) is 37.8 Å². The lowest BCUT2D eigenvalue weighted by atomic mass is 10.1. The van der Waals surface area contributed by atoms with E-state index in [1.807, 2.05) is 29.1 Å². The molecule has 1 aromatic carbocycles. The topological polar surface area (TPSA) is 63.5 Å². The van der Waals surface area contributed by atoms with E-state index in [0.29, 0.717) is 5.92 Å². The fraction of sp³-hybridized carbons (Fsp3) is 0.444. The maximum absolute atomic E-state index is 5.17. The van der Waals surface area contributed by atoms with Gasteiger partial charge in [0.1, 0.15) is 5.75 Å². The largest absolute Gasteiger partial charge is 0.497 e. The second kappa shape index (κ2) is 11.7. The molecule has 25 heavy (non-hydrogen) atoms. The molecule has 138 valence electrons. The van der Waals surface area contributed by atoms with Gasteiger partial charge < -0.3 is 15.4 Å². The fourth-order valence-electron chi connectivity index (χ4n) is 2.40. The second-order valence-corrected chi connectivity index (χ2v) is 5.81. The maximum atomic E-state index is 5.17. The third-order valence-corrected chi connectivity index (χ3v) is 3.76. The zero-order chi connectivity index (χ0) is 17.2. The Kier molecular flexibility index (Phi) is 9.98. The van der Waals surface area contributed by atoms with Crippen LogP contribution in [0.15, 0.2) is 47.7 Å². The fourth-order valence-corrected chi connectivity index (χ4v) is 2.40. The Bertz CT molecular complexity index is 613. The van der Waals surface area contributed by atoms with Gasteiger partial charge in [0.15, 0.2) is 5.96 Å². The Balaban J connectivity index is 0.00000312. The molecule has 0 aliphatic carbocycles. The molecule has 1 atom stereocenters. The highest BCUT2D eigenvalue weighted by molar-refractivity contribution is 14.0. The van der Waals surface area contributed by atoms with Crippen LogP contribution in [-0.4, -0.2) is 43.0 Å². The number of benzene rings is 1. The molecule has 1 heterocycles. The van der Waals surface area contributed by atoms with E-state index in [4.69, 9.17) is 4.74 Å².